The summed E-state index contributed by atoms with van der Waals surface area (Å²) in [5.74, 6) is -0.919. The fraction of sp³-hybridized carbons (Fsp3) is 0.412. The smallest absolute Gasteiger partial charge is 0.356 e. The lowest BCUT2D eigenvalue weighted by molar-refractivity contribution is 0.0688. The van der Waals surface area contributed by atoms with Crippen LogP contribution in [0.4, 0.5) is 0 Å². The second-order valence-corrected chi connectivity index (χ2v) is 5.57. The summed E-state index contributed by atoms with van der Waals surface area (Å²) in [6.45, 7) is 2.12. The Kier molecular flexibility index (Phi) is 3.78. The zero-order chi connectivity index (χ0) is 14.8. The predicted octanol–water partition coefficient (Wildman–Crippen LogP) is 3.40. The number of carboxylic acid groups (broad SMARTS) is 1. The molecule has 4 nitrogen and oxygen atoms in total. The minimum Gasteiger partial charge on any atom is -0.476 e. The lowest BCUT2D eigenvalue weighted by Crippen LogP contribution is -2.04. The van der Waals surface area contributed by atoms with E-state index in [0.29, 0.717) is 0 Å². The quantitative estimate of drug-likeness (QED) is 0.879. The van der Waals surface area contributed by atoms with Crippen molar-refractivity contribution in [2.24, 2.45) is 0 Å². The molecule has 1 N–H and O–H groups in total. The zero-order valence-corrected chi connectivity index (χ0v) is 12.3. The van der Waals surface area contributed by atoms with Gasteiger partial charge in [0.25, 0.3) is 0 Å². The minimum atomic E-state index is -0.919. The van der Waals surface area contributed by atoms with E-state index in [9.17, 15) is 9.90 Å². The van der Waals surface area contributed by atoms with E-state index in [0.717, 1.165) is 55.5 Å². The molecule has 0 spiro atoms. The van der Waals surface area contributed by atoms with E-state index in [1.807, 2.05) is 16.8 Å². The Hall–Kier alpha value is -2.10. The summed E-state index contributed by atoms with van der Waals surface area (Å²) >= 11 is 0. The molecule has 0 radical (unpaired) electrons. The van der Waals surface area contributed by atoms with Gasteiger partial charge < -0.3 is 5.11 Å². The van der Waals surface area contributed by atoms with Gasteiger partial charge in [-0.2, -0.15) is 5.10 Å². The number of rotatable bonds is 3. The van der Waals surface area contributed by atoms with Crippen molar-refractivity contribution in [3.05, 3.63) is 46.8 Å². The molecule has 1 aliphatic carbocycles. The van der Waals surface area contributed by atoms with Crippen molar-refractivity contribution in [3.63, 3.8) is 0 Å². The zero-order valence-electron chi connectivity index (χ0n) is 12.3. The number of carboxylic acids is 1. The first-order valence-corrected chi connectivity index (χ1v) is 7.64. The number of hydrogen-bond acceptors (Lipinski definition) is 2. The fourth-order valence-electron chi connectivity index (χ4n) is 3.03. The molecule has 0 unspecified atom stereocenters. The van der Waals surface area contributed by atoms with Gasteiger partial charge in [0.1, 0.15) is 0 Å². The molecule has 3 rings (SSSR count). The molecule has 4 heteroatoms. The lowest BCUT2D eigenvalue weighted by atomic mass is 10.1. The Balaban J connectivity index is 2.10. The van der Waals surface area contributed by atoms with Crippen molar-refractivity contribution in [3.8, 4) is 5.69 Å². The van der Waals surface area contributed by atoms with Gasteiger partial charge in [-0.05, 0) is 49.8 Å². The van der Waals surface area contributed by atoms with Crippen LogP contribution < -0.4 is 0 Å². The maximum Gasteiger partial charge on any atom is 0.356 e. The second kappa shape index (κ2) is 5.72. The first-order chi connectivity index (χ1) is 10.2. The van der Waals surface area contributed by atoms with Crippen LogP contribution >= 0.6 is 0 Å². The van der Waals surface area contributed by atoms with Gasteiger partial charge >= 0.3 is 5.97 Å². The largest absolute Gasteiger partial charge is 0.476 e. The summed E-state index contributed by atoms with van der Waals surface area (Å²) in [5.41, 5.74) is 4.47. The SMILES string of the molecule is CCc1ccc(-n2nc(C(=O)O)c3c2CCCCC3)cc1. The summed E-state index contributed by atoms with van der Waals surface area (Å²) in [5, 5.41) is 13.8. The minimum absolute atomic E-state index is 0.228. The molecule has 0 saturated heterocycles. The summed E-state index contributed by atoms with van der Waals surface area (Å²) in [6, 6.07) is 8.23. The number of fused-ring (bicyclic) bond motifs is 1. The van der Waals surface area contributed by atoms with Gasteiger partial charge in [0.15, 0.2) is 5.69 Å². The molecule has 1 aromatic carbocycles. The van der Waals surface area contributed by atoms with E-state index < -0.39 is 5.97 Å². The molecule has 0 bridgehead atoms. The summed E-state index contributed by atoms with van der Waals surface area (Å²) < 4.78 is 1.84. The number of nitrogens with zero attached hydrogens (tertiary/aromatic N) is 2. The molecule has 0 fully saturated rings. The standard InChI is InChI=1S/C17H20N2O2/c1-2-12-8-10-13(11-9-12)19-15-7-5-3-4-6-14(15)16(18-19)17(20)21/h8-11H,2-7H2,1H3,(H,20,21). The number of benzene rings is 1. The third kappa shape index (κ3) is 2.58. The van der Waals surface area contributed by atoms with Crippen LogP contribution in [-0.2, 0) is 19.3 Å². The average molecular weight is 284 g/mol. The van der Waals surface area contributed by atoms with E-state index in [2.05, 4.69) is 24.2 Å². The van der Waals surface area contributed by atoms with Gasteiger partial charge in [-0.15, -0.1) is 0 Å². The van der Waals surface area contributed by atoms with Crippen LogP contribution in [0.3, 0.4) is 0 Å². The second-order valence-electron chi connectivity index (χ2n) is 5.57. The summed E-state index contributed by atoms with van der Waals surface area (Å²) in [7, 11) is 0. The van der Waals surface area contributed by atoms with Crippen LogP contribution in [0.5, 0.6) is 0 Å². The van der Waals surface area contributed by atoms with E-state index in [1.54, 1.807) is 0 Å². The van der Waals surface area contributed by atoms with Gasteiger partial charge in [-0.25, -0.2) is 9.48 Å². The Bertz CT molecular complexity index is 656. The first-order valence-electron chi connectivity index (χ1n) is 7.64. The average Bonchev–Trinajstić information content (AvgIpc) is 2.69. The number of aryl methyl sites for hydroxylation is 1. The molecule has 1 heterocycles. The van der Waals surface area contributed by atoms with Crippen LogP contribution in [0.2, 0.25) is 0 Å². The summed E-state index contributed by atoms with van der Waals surface area (Å²) in [6.07, 6.45) is 6.04. The van der Waals surface area contributed by atoms with Crippen molar-refractivity contribution in [2.45, 2.75) is 45.4 Å². The van der Waals surface area contributed by atoms with Crippen LogP contribution in [0.1, 0.15) is 53.5 Å². The Morgan fingerprint density at radius 3 is 2.57 bits per heavy atom. The van der Waals surface area contributed by atoms with Crippen LogP contribution in [0.25, 0.3) is 5.69 Å². The number of hydrogen-bond donors (Lipinski definition) is 1. The normalized spacial score (nSPS) is 14.5. The van der Waals surface area contributed by atoms with Crippen LogP contribution in [0.15, 0.2) is 24.3 Å². The number of carbonyl (C=O) groups is 1. The molecule has 1 aliphatic rings. The molecular formula is C17H20N2O2. The Morgan fingerprint density at radius 1 is 1.19 bits per heavy atom. The van der Waals surface area contributed by atoms with Crippen LogP contribution in [0, 0.1) is 0 Å². The van der Waals surface area contributed by atoms with E-state index in [4.69, 9.17) is 0 Å². The molecule has 0 aliphatic heterocycles. The van der Waals surface area contributed by atoms with Gasteiger partial charge in [-0.1, -0.05) is 25.5 Å². The van der Waals surface area contributed by atoms with Crippen molar-refractivity contribution in [1.82, 2.24) is 9.78 Å². The maximum atomic E-state index is 11.5. The van der Waals surface area contributed by atoms with Gasteiger partial charge in [-0.3, -0.25) is 0 Å². The highest BCUT2D eigenvalue weighted by molar-refractivity contribution is 5.87. The molecule has 0 amide bonds. The van der Waals surface area contributed by atoms with Gasteiger partial charge in [0, 0.05) is 11.3 Å². The molecule has 0 saturated carbocycles. The highest BCUT2D eigenvalue weighted by Crippen LogP contribution is 2.26. The first kappa shape index (κ1) is 13.9. The summed E-state index contributed by atoms with van der Waals surface area (Å²) in [4.78, 5) is 11.5. The van der Waals surface area contributed by atoms with Crippen LogP contribution in [-0.4, -0.2) is 20.9 Å². The van der Waals surface area contributed by atoms with Gasteiger partial charge in [0.05, 0.1) is 5.69 Å². The number of aromatic nitrogens is 2. The molecular weight excluding hydrogens is 264 g/mol. The van der Waals surface area contributed by atoms with Crippen molar-refractivity contribution < 1.29 is 9.90 Å². The Labute approximate surface area is 124 Å². The maximum absolute atomic E-state index is 11.5. The van der Waals surface area contributed by atoms with E-state index in [-0.39, 0.29) is 5.69 Å². The molecule has 1 aromatic heterocycles. The van der Waals surface area contributed by atoms with Crippen molar-refractivity contribution in [1.29, 1.82) is 0 Å². The topological polar surface area (TPSA) is 55.1 Å². The third-order valence-electron chi connectivity index (χ3n) is 4.22. The lowest BCUT2D eigenvalue weighted by Gasteiger charge is -2.08. The number of aromatic carboxylic acids is 1. The third-order valence-corrected chi connectivity index (χ3v) is 4.22. The molecule has 110 valence electrons. The molecule has 0 atom stereocenters. The predicted molar refractivity (Wildman–Crippen MR) is 81.2 cm³/mol. The fourth-order valence-corrected chi connectivity index (χ4v) is 3.03. The molecule has 21 heavy (non-hydrogen) atoms. The van der Waals surface area contributed by atoms with E-state index in [1.165, 1.54) is 5.56 Å². The van der Waals surface area contributed by atoms with Crippen molar-refractivity contribution >= 4 is 5.97 Å². The Morgan fingerprint density at radius 2 is 1.90 bits per heavy atom. The van der Waals surface area contributed by atoms with Gasteiger partial charge in [0.2, 0.25) is 0 Å². The van der Waals surface area contributed by atoms with E-state index >= 15 is 0 Å². The highest BCUT2D eigenvalue weighted by Gasteiger charge is 2.24. The highest BCUT2D eigenvalue weighted by atomic mass is 16.4. The molecule has 2 aromatic rings. The monoisotopic (exact) mass is 284 g/mol. The van der Waals surface area contributed by atoms with Crippen molar-refractivity contribution in [2.75, 3.05) is 0 Å².